The van der Waals surface area contributed by atoms with Crippen molar-refractivity contribution in [1.29, 1.82) is 0 Å². The lowest BCUT2D eigenvalue weighted by molar-refractivity contribution is -0.384. The second-order valence-electron chi connectivity index (χ2n) is 7.08. The maximum Gasteiger partial charge on any atom is 0.363 e. The quantitative estimate of drug-likeness (QED) is 0.114. The molecule has 0 aliphatic carbocycles. The molecular formula is C24H16ClIN2O6. The number of non-ortho nitro benzene ring substituents is 1. The smallest absolute Gasteiger partial charge is 0.363 e. The lowest BCUT2D eigenvalue weighted by atomic mass is 10.1. The molecule has 8 nitrogen and oxygen atoms in total. The van der Waals surface area contributed by atoms with Gasteiger partial charge in [-0.15, -0.1) is 0 Å². The summed E-state index contributed by atoms with van der Waals surface area (Å²) < 4.78 is 17.5. The summed E-state index contributed by atoms with van der Waals surface area (Å²) in [5, 5.41) is 11.2. The van der Waals surface area contributed by atoms with Gasteiger partial charge in [0.25, 0.3) is 5.69 Å². The molecule has 4 rings (SSSR count). The van der Waals surface area contributed by atoms with Gasteiger partial charge in [0.1, 0.15) is 6.61 Å². The van der Waals surface area contributed by atoms with Crippen LogP contribution >= 0.6 is 34.2 Å². The van der Waals surface area contributed by atoms with Crippen LogP contribution in [0.2, 0.25) is 5.02 Å². The summed E-state index contributed by atoms with van der Waals surface area (Å²) in [6.07, 6.45) is 1.58. The number of esters is 1. The maximum atomic E-state index is 12.4. The highest BCUT2D eigenvalue weighted by molar-refractivity contribution is 14.1. The monoisotopic (exact) mass is 590 g/mol. The minimum absolute atomic E-state index is 0.0132. The Kier molecular flexibility index (Phi) is 7.13. The summed E-state index contributed by atoms with van der Waals surface area (Å²) in [7, 11) is 1.50. The number of rotatable bonds is 7. The van der Waals surface area contributed by atoms with Crippen LogP contribution in [0.4, 0.5) is 5.69 Å². The highest BCUT2D eigenvalue weighted by Gasteiger charge is 2.26. The third-order valence-electron chi connectivity index (χ3n) is 4.81. The van der Waals surface area contributed by atoms with Crippen LogP contribution < -0.4 is 9.47 Å². The van der Waals surface area contributed by atoms with Gasteiger partial charge in [0, 0.05) is 15.7 Å². The fraction of sp³-hybridized carbons (Fsp3) is 0.0833. The van der Waals surface area contributed by atoms with Gasteiger partial charge in [-0.2, -0.15) is 0 Å². The first-order valence-corrected chi connectivity index (χ1v) is 11.3. The van der Waals surface area contributed by atoms with Crippen molar-refractivity contribution in [3.63, 3.8) is 0 Å². The van der Waals surface area contributed by atoms with E-state index in [1.165, 1.54) is 19.2 Å². The van der Waals surface area contributed by atoms with Crippen molar-refractivity contribution >= 4 is 57.8 Å². The Morgan fingerprint density at radius 3 is 2.59 bits per heavy atom. The van der Waals surface area contributed by atoms with Crippen LogP contribution in [0.5, 0.6) is 11.5 Å². The first-order valence-electron chi connectivity index (χ1n) is 9.86. The Morgan fingerprint density at radius 2 is 1.88 bits per heavy atom. The number of carbonyl (C=O) groups is 1. The third-order valence-corrected chi connectivity index (χ3v) is 5.81. The molecule has 0 aromatic heterocycles. The zero-order chi connectivity index (χ0) is 24.2. The van der Waals surface area contributed by atoms with E-state index in [-0.39, 0.29) is 23.9 Å². The molecular weight excluding hydrogens is 575 g/mol. The molecule has 34 heavy (non-hydrogen) atoms. The largest absolute Gasteiger partial charge is 0.493 e. The summed E-state index contributed by atoms with van der Waals surface area (Å²) >= 11 is 8.37. The molecule has 0 amide bonds. The number of hydrogen-bond acceptors (Lipinski definition) is 7. The number of nitro benzene ring substituents is 1. The lowest BCUT2D eigenvalue weighted by Crippen LogP contribution is -2.06. The van der Waals surface area contributed by atoms with Crippen LogP contribution in [0, 0.1) is 13.7 Å². The predicted octanol–water partition coefficient (Wildman–Crippen LogP) is 5.78. The second kappa shape index (κ2) is 10.2. The van der Waals surface area contributed by atoms with Crippen molar-refractivity contribution in [2.24, 2.45) is 4.99 Å². The number of methoxy groups -OCH3 is 1. The number of nitro groups is 1. The minimum Gasteiger partial charge on any atom is -0.493 e. The molecule has 0 fully saturated rings. The van der Waals surface area contributed by atoms with E-state index in [0.29, 0.717) is 27.6 Å². The molecule has 1 aliphatic heterocycles. The van der Waals surface area contributed by atoms with Crippen molar-refractivity contribution in [3.8, 4) is 11.5 Å². The van der Waals surface area contributed by atoms with Crippen molar-refractivity contribution in [3.05, 3.63) is 102 Å². The Morgan fingerprint density at radius 1 is 1.12 bits per heavy atom. The van der Waals surface area contributed by atoms with Crippen LogP contribution in [0.25, 0.3) is 6.08 Å². The van der Waals surface area contributed by atoms with E-state index < -0.39 is 10.9 Å². The van der Waals surface area contributed by atoms with Gasteiger partial charge in [-0.3, -0.25) is 10.1 Å². The molecule has 0 saturated heterocycles. The second-order valence-corrected chi connectivity index (χ2v) is 8.74. The fourth-order valence-corrected chi connectivity index (χ4v) is 3.80. The Hall–Kier alpha value is -3.44. The summed E-state index contributed by atoms with van der Waals surface area (Å²) in [6.45, 7) is 0.200. The van der Waals surface area contributed by atoms with Gasteiger partial charge in [0.15, 0.2) is 17.2 Å². The summed E-state index contributed by atoms with van der Waals surface area (Å²) in [4.78, 5) is 27.0. The van der Waals surface area contributed by atoms with Crippen molar-refractivity contribution in [2.45, 2.75) is 6.61 Å². The lowest BCUT2D eigenvalue weighted by Gasteiger charge is -2.11. The average molecular weight is 591 g/mol. The fourth-order valence-electron chi connectivity index (χ4n) is 3.11. The van der Waals surface area contributed by atoms with Crippen molar-refractivity contribution in [2.75, 3.05) is 7.11 Å². The summed E-state index contributed by atoms with van der Waals surface area (Å²) in [5.74, 6) is 0.497. The number of halogens is 2. The Bertz CT molecular complexity index is 1340. The number of benzene rings is 3. The number of ether oxygens (including phenoxy) is 3. The van der Waals surface area contributed by atoms with Crippen LogP contribution in [0.15, 0.2) is 71.4 Å². The number of carbonyl (C=O) groups excluding carboxylic acids is 1. The molecule has 0 atom stereocenters. The van der Waals surface area contributed by atoms with Gasteiger partial charge in [0.2, 0.25) is 5.90 Å². The zero-order valence-corrected chi connectivity index (χ0v) is 20.6. The maximum absolute atomic E-state index is 12.4. The Labute approximate surface area is 213 Å². The SMILES string of the molecule is COc1cc(/C=C2\N=C(c3cc(I)ccc3Cl)OC2=O)ccc1OCc1ccc([N+](=O)[O-])cc1. The molecule has 1 heterocycles. The molecule has 172 valence electrons. The van der Waals surface area contributed by atoms with Gasteiger partial charge in [-0.1, -0.05) is 17.7 Å². The van der Waals surface area contributed by atoms with Gasteiger partial charge >= 0.3 is 5.97 Å². The summed E-state index contributed by atoms with van der Waals surface area (Å²) in [5.41, 5.74) is 2.11. The van der Waals surface area contributed by atoms with Gasteiger partial charge in [-0.05, 0) is 82.3 Å². The molecule has 0 N–H and O–H groups in total. The first-order chi connectivity index (χ1) is 16.3. The molecule has 1 aliphatic rings. The van der Waals surface area contributed by atoms with E-state index in [1.54, 1.807) is 48.5 Å². The molecule has 0 saturated carbocycles. The Balaban J connectivity index is 1.52. The van der Waals surface area contributed by atoms with E-state index in [9.17, 15) is 14.9 Å². The first kappa shape index (κ1) is 23.7. The predicted molar refractivity (Wildman–Crippen MR) is 135 cm³/mol. The normalized spacial score (nSPS) is 14.0. The van der Waals surface area contributed by atoms with E-state index in [2.05, 4.69) is 27.6 Å². The molecule has 0 spiro atoms. The van der Waals surface area contributed by atoms with Gasteiger partial charge in [-0.25, -0.2) is 9.79 Å². The molecule has 3 aromatic rings. The van der Waals surface area contributed by atoms with E-state index in [0.717, 1.165) is 9.13 Å². The van der Waals surface area contributed by atoms with Crippen LogP contribution in [0.3, 0.4) is 0 Å². The third kappa shape index (κ3) is 5.37. The average Bonchev–Trinajstić information content (AvgIpc) is 3.19. The number of aliphatic imine (C=N–C) groups is 1. The molecule has 0 bridgehead atoms. The highest BCUT2D eigenvalue weighted by Crippen LogP contribution is 2.31. The summed E-state index contributed by atoms with van der Waals surface area (Å²) in [6, 6.07) is 16.6. The number of hydrogen-bond donors (Lipinski definition) is 0. The molecule has 3 aromatic carbocycles. The number of nitrogens with zero attached hydrogens (tertiary/aromatic N) is 2. The minimum atomic E-state index is -0.581. The van der Waals surface area contributed by atoms with Gasteiger partial charge in [0.05, 0.1) is 22.6 Å². The topological polar surface area (TPSA) is 100 Å². The molecule has 0 unspecified atom stereocenters. The molecule has 0 radical (unpaired) electrons. The van der Waals surface area contributed by atoms with Crippen LogP contribution in [-0.4, -0.2) is 23.9 Å². The van der Waals surface area contributed by atoms with Crippen LogP contribution in [-0.2, 0) is 16.1 Å². The standard InChI is InChI=1S/C24H16ClIN2O6/c1-32-22-11-15(4-9-21(22)33-13-14-2-6-17(7-3-14)28(30)31)10-20-24(29)34-23(27-20)18-12-16(26)5-8-19(18)25/h2-12H,13H2,1H3/b20-10-. The van der Waals surface area contributed by atoms with Gasteiger partial charge < -0.3 is 14.2 Å². The highest BCUT2D eigenvalue weighted by atomic mass is 127. The molecule has 10 heteroatoms. The van der Waals surface area contributed by atoms with E-state index in [1.807, 2.05) is 6.07 Å². The van der Waals surface area contributed by atoms with Crippen LogP contribution in [0.1, 0.15) is 16.7 Å². The zero-order valence-electron chi connectivity index (χ0n) is 17.7. The van der Waals surface area contributed by atoms with Crippen molar-refractivity contribution in [1.82, 2.24) is 0 Å². The van der Waals surface area contributed by atoms with E-state index >= 15 is 0 Å². The number of cyclic esters (lactones) is 1. The van der Waals surface area contributed by atoms with Crippen molar-refractivity contribution < 1.29 is 23.9 Å². The van der Waals surface area contributed by atoms with E-state index in [4.69, 9.17) is 25.8 Å².